The Morgan fingerprint density at radius 2 is 2.22 bits per heavy atom. The quantitative estimate of drug-likeness (QED) is 0.601. The summed E-state index contributed by atoms with van der Waals surface area (Å²) in [6.07, 6.45) is 0. The van der Waals surface area contributed by atoms with Gasteiger partial charge in [0, 0.05) is 6.54 Å². The van der Waals surface area contributed by atoms with Crippen molar-refractivity contribution in [2.24, 2.45) is 5.92 Å². The number of rotatable bonds is 3. The van der Waals surface area contributed by atoms with E-state index in [9.17, 15) is 14.0 Å². The Bertz CT molecular complexity index is 475. The van der Waals surface area contributed by atoms with Crippen molar-refractivity contribution in [3.05, 3.63) is 30.1 Å². The molecule has 2 rings (SSSR count). The third-order valence-electron chi connectivity index (χ3n) is 2.90. The fourth-order valence-corrected chi connectivity index (χ4v) is 2.03. The van der Waals surface area contributed by atoms with Gasteiger partial charge < -0.3 is 9.64 Å². The van der Waals surface area contributed by atoms with Gasteiger partial charge in [0.2, 0.25) is 0 Å². The number of carbonyl (C=O) groups excluding carboxylic acids is 2. The zero-order valence-electron chi connectivity index (χ0n) is 10.1. The number of hydrogen-bond acceptors (Lipinski definition) is 4. The van der Waals surface area contributed by atoms with E-state index in [0.717, 1.165) is 0 Å². The Hall–Kier alpha value is -1.91. The van der Waals surface area contributed by atoms with E-state index in [0.29, 0.717) is 5.69 Å². The van der Waals surface area contributed by atoms with E-state index >= 15 is 0 Å². The Balaban J connectivity index is 2.14. The van der Waals surface area contributed by atoms with E-state index in [2.05, 4.69) is 0 Å². The lowest BCUT2D eigenvalue weighted by molar-refractivity contribution is -0.149. The van der Waals surface area contributed by atoms with Gasteiger partial charge in [-0.3, -0.25) is 9.59 Å². The molecule has 18 heavy (non-hydrogen) atoms. The number of benzene rings is 1. The number of ether oxygens (including phenoxy) is 1. The fraction of sp³-hybridized carbons (Fsp3) is 0.385. The molecule has 0 spiro atoms. The number of hydrogen-bond donors (Lipinski definition) is 0. The highest BCUT2D eigenvalue weighted by Gasteiger charge is 2.37. The number of ketones is 1. The van der Waals surface area contributed by atoms with Crippen LogP contribution in [0.15, 0.2) is 24.3 Å². The number of carbonyl (C=O) groups is 2. The summed E-state index contributed by atoms with van der Waals surface area (Å²) >= 11 is 0. The summed E-state index contributed by atoms with van der Waals surface area (Å²) in [5.74, 6) is -1.95. The zero-order valence-corrected chi connectivity index (χ0v) is 10.1. The van der Waals surface area contributed by atoms with Crippen LogP contribution < -0.4 is 4.90 Å². The Morgan fingerprint density at radius 3 is 2.89 bits per heavy atom. The first-order valence-corrected chi connectivity index (χ1v) is 5.82. The second-order valence-electron chi connectivity index (χ2n) is 4.10. The van der Waals surface area contributed by atoms with Gasteiger partial charge in [0.1, 0.15) is 11.7 Å². The lowest BCUT2D eigenvalue weighted by Crippen LogP contribution is -2.26. The van der Waals surface area contributed by atoms with Crippen LogP contribution in [0.1, 0.15) is 6.92 Å². The molecule has 0 aliphatic carbocycles. The van der Waals surface area contributed by atoms with Crippen molar-refractivity contribution >= 4 is 17.4 Å². The maximum absolute atomic E-state index is 13.6. The molecule has 0 amide bonds. The number of anilines is 1. The fourth-order valence-electron chi connectivity index (χ4n) is 2.03. The number of halogens is 1. The van der Waals surface area contributed by atoms with Crippen molar-refractivity contribution in [3.63, 3.8) is 0 Å². The lowest BCUT2D eigenvalue weighted by atomic mass is 10.1. The molecule has 1 aromatic rings. The first kappa shape index (κ1) is 12.5. The van der Waals surface area contributed by atoms with Crippen LogP contribution in [0.25, 0.3) is 0 Å². The van der Waals surface area contributed by atoms with E-state index < -0.39 is 17.7 Å². The normalized spacial score (nSPS) is 19.1. The minimum absolute atomic E-state index is 0.0460. The van der Waals surface area contributed by atoms with Crippen molar-refractivity contribution < 1.29 is 18.7 Å². The average Bonchev–Trinajstić information content (AvgIpc) is 2.72. The minimum atomic E-state index is -0.801. The summed E-state index contributed by atoms with van der Waals surface area (Å²) in [6, 6.07) is 6.20. The first-order chi connectivity index (χ1) is 8.63. The molecule has 0 aromatic heterocycles. The smallest absolute Gasteiger partial charge is 0.318 e. The molecule has 1 aliphatic rings. The molecule has 1 heterocycles. The highest BCUT2D eigenvalue weighted by Crippen LogP contribution is 2.24. The molecular weight excluding hydrogens is 237 g/mol. The molecule has 0 N–H and O–H groups in total. The van der Waals surface area contributed by atoms with Gasteiger partial charge in [0.15, 0.2) is 5.78 Å². The number of Topliss-reactive ketones (excluding diaryl/α,β-unsaturated/α-hetero) is 1. The predicted molar refractivity (Wildman–Crippen MR) is 63.7 cm³/mol. The molecule has 0 radical (unpaired) electrons. The minimum Gasteiger partial charge on any atom is -0.465 e. The molecule has 1 saturated heterocycles. The summed E-state index contributed by atoms with van der Waals surface area (Å²) in [5.41, 5.74) is 0.345. The van der Waals surface area contributed by atoms with Crippen LogP contribution in [0.3, 0.4) is 0 Å². The Kier molecular flexibility index (Phi) is 3.60. The van der Waals surface area contributed by atoms with Gasteiger partial charge in [-0.1, -0.05) is 12.1 Å². The highest BCUT2D eigenvalue weighted by atomic mass is 19.1. The second kappa shape index (κ2) is 5.16. The highest BCUT2D eigenvalue weighted by molar-refractivity contribution is 6.04. The molecule has 1 fully saturated rings. The Labute approximate surface area is 104 Å². The van der Waals surface area contributed by atoms with Crippen LogP contribution in [0.4, 0.5) is 10.1 Å². The third kappa shape index (κ3) is 2.34. The van der Waals surface area contributed by atoms with Crippen LogP contribution in [-0.2, 0) is 14.3 Å². The molecule has 4 nitrogen and oxygen atoms in total. The van der Waals surface area contributed by atoms with Crippen LogP contribution in [-0.4, -0.2) is 31.4 Å². The SMILES string of the molecule is CCOC(=O)C1CN(c2ccccc2F)CC1=O. The molecule has 5 heteroatoms. The van der Waals surface area contributed by atoms with E-state index in [4.69, 9.17) is 4.74 Å². The molecule has 0 saturated carbocycles. The van der Waals surface area contributed by atoms with Crippen LogP contribution in [0.5, 0.6) is 0 Å². The summed E-state index contributed by atoms with van der Waals surface area (Å²) in [5, 5.41) is 0. The summed E-state index contributed by atoms with van der Waals surface area (Å²) in [6.45, 7) is 2.15. The Morgan fingerprint density at radius 1 is 1.50 bits per heavy atom. The van der Waals surface area contributed by atoms with Gasteiger partial charge in [-0.25, -0.2) is 4.39 Å². The van der Waals surface area contributed by atoms with E-state index in [-0.39, 0.29) is 25.5 Å². The zero-order chi connectivity index (χ0) is 13.1. The maximum atomic E-state index is 13.6. The average molecular weight is 251 g/mol. The van der Waals surface area contributed by atoms with Crippen molar-refractivity contribution in [1.82, 2.24) is 0 Å². The molecule has 0 bridgehead atoms. The monoisotopic (exact) mass is 251 g/mol. The summed E-state index contributed by atoms with van der Waals surface area (Å²) in [7, 11) is 0. The number of esters is 1. The third-order valence-corrected chi connectivity index (χ3v) is 2.90. The predicted octanol–water partition coefficient (Wildman–Crippen LogP) is 1.39. The molecular formula is C13H14FNO3. The second-order valence-corrected chi connectivity index (χ2v) is 4.10. The van der Waals surface area contributed by atoms with Crippen molar-refractivity contribution in [1.29, 1.82) is 0 Å². The number of para-hydroxylation sites is 1. The molecule has 1 unspecified atom stereocenters. The van der Waals surface area contributed by atoms with Crippen LogP contribution in [0.2, 0.25) is 0 Å². The molecule has 96 valence electrons. The maximum Gasteiger partial charge on any atom is 0.318 e. The van der Waals surface area contributed by atoms with Gasteiger partial charge in [-0.05, 0) is 19.1 Å². The largest absolute Gasteiger partial charge is 0.465 e. The topological polar surface area (TPSA) is 46.6 Å². The van der Waals surface area contributed by atoms with E-state index in [1.165, 1.54) is 6.07 Å². The van der Waals surface area contributed by atoms with E-state index in [1.54, 1.807) is 30.0 Å². The van der Waals surface area contributed by atoms with Crippen LogP contribution >= 0.6 is 0 Å². The van der Waals surface area contributed by atoms with E-state index in [1.807, 2.05) is 0 Å². The van der Waals surface area contributed by atoms with Crippen molar-refractivity contribution in [3.8, 4) is 0 Å². The standard InChI is InChI=1S/C13H14FNO3/c1-2-18-13(17)9-7-15(8-12(9)16)11-6-4-3-5-10(11)14/h3-6,9H,2,7-8H2,1H3. The lowest BCUT2D eigenvalue weighted by Gasteiger charge is -2.17. The van der Waals surface area contributed by atoms with Gasteiger partial charge in [-0.15, -0.1) is 0 Å². The van der Waals surface area contributed by atoms with Gasteiger partial charge >= 0.3 is 5.97 Å². The van der Waals surface area contributed by atoms with Crippen LogP contribution in [0, 0.1) is 11.7 Å². The van der Waals surface area contributed by atoms with Gasteiger partial charge in [0.05, 0.1) is 18.8 Å². The number of nitrogens with zero attached hydrogens (tertiary/aromatic N) is 1. The van der Waals surface area contributed by atoms with Crippen molar-refractivity contribution in [2.75, 3.05) is 24.6 Å². The summed E-state index contributed by atoms with van der Waals surface area (Å²) < 4.78 is 18.4. The summed E-state index contributed by atoms with van der Waals surface area (Å²) in [4.78, 5) is 24.8. The van der Waals surface area contributed by atoms with Gasteiger partial charge in [0.25, 0.3) is 0 Å². The van der Waals surface area contributed by atoms with Gasteiger partial charge in [-0.2, -0.15) is 0 Å². The van der Waals surface area contributed by atoms with Crippen molar-refractivity contribution in [2.45, 2.75) is 6.92 Å². The molecule has 1 aromatic carbocycles. The first-order valence-electron chi connectivity index (χ1n) is 5.82. The molecule has 1 atom stereocenters. The molecule has 1 aliphatic heterocycles.